The standard InChI is InChI=1S/C15H19N5/c1-12-3-2-4-14-13(11-16)18-15(20(12)14)5-8-19-9-6-17-7-10-19/h2-4,17H,5-10H2,1H3. The van der Waals surface area contributed by atoms with Crippen molar-refractivity contribution in [1.29, 1.82) is 5.26 Å². The SMILES string of the molecule is Cc1cccc2c(C#N)nc(CCN3CCNCC3)n12. The first-order valence-electron chi connectivity index (χ1n) is 7.10. The average Bonchev–Trinajstić information content (AvgIpc) is 2.86. The summed E-state index contributed by atoms with van der Waals surface area (Å²) in [5.41, 5.74) is 2.58. The molecule has 1 aliphatic rings. The van der Waals surface area contributed by atoms with Crippen molar-refractivity contribution >= 4 is 5.52 Å². The Morgan fingerprint density at radius 1 is 1.35 bits per heavy atom. The normalized spacial score (nSPS) is 16.4. The second kappa shape index (κ2) is 5.61. The number of aryl methyl sites for hydroxylation is 1. The average molecular weight is 269 g/mol. The van der Waals surface area contributed by atoms with Gasteiger partial charge in [-0.3, -0.25) is 4.40 Å². The molecule has 20 heavy (non-hydrogen) atoms. The predicted molar refractivity (Wildman–Crippen MR) is 77.7 cm³/mol. The van der Waals surface area contributed by atoms with Gasteiger partial charge in [0.25, 0.3) is 0 Å². The summed E-state index contributed by atoms with van der Waals surface area (Å²) in [7, 11) is 0. The van der Waals surface area contributed by atoms with Gasteiger partial charge in [0.05, 0.1) is 5.52 Å². The summed E-state index contributed by atoms with van der Waals surface area (Å²) in [4.78, 5) is 6.96. The lowest BCUT2D eigenvalue weighted by Gasteiger charge is -2.26. The van der Waals surface area contributed by atoms with Crippen molar-refractivity contribution in [3.05, 3.63) is 35.4 Å². The molecule has 3 rings (SSSR count). The molecule has 0 spiro atoms. The molecule has 0 atom stereocenters. The van der Waals surface area contributed by atoms with E-state index in [2.05, 4.69) is 38.7 Å². The zero-order chi connectivity index (χ0) is 13.9. The van der Waals surface area contributed by atoms with Gasteiger partial charge in [0.2, 0.25) is 0 Å². The van der Waals surface area contributed by atoms with E-state index >= 15 is 0 Å². The molecule has 1 saturated heterocycles. The Morgan fingerprint density at radius 3 is 2.90 bits per heavy atom. The van der Waals surface area contributed by atoms with Gasteiger partial charge in [-0.25, -0.2) is 4.98 Å². The van der Waals surface area contributed by atoms with E-state index in [-0.39, 0.29) is 0 Å². The number of nitriles is 1. The number of hydrogen-bond donors (Lipinski definition) is 1. The summed E-state index contributed by atoms with van der Waals surface area (Å²) in [5, 5.41) is 12.6. The first kappa shape index (κ1) is 13.1. The van der Waals surface area contributed by atoms with Crippen LogP contribution in [-0.4, -0.2) is 47.0 Å². The fourth-order valence-electron chi connectivity index (χ4n) is 2.82. The summed E-state index contributed by atoms with van der Waals surface area (Å²) in [6.45, 7) is 7.36. The molecule has 1 aliphatic heterocycles. The Labute approximate surface area is 118 Å². The Kier molecular flexibility index (Phi) is 3.68. The number of imidazole rings is 1. The van der Waals surface area contributed by atoms with Crippen LogP contribution in [0.3, 0.4) is 0 Å². The number of nitrogens with zero attached hydrogens (tertiary/aromatic N) is 4. The maximum Gasteiger partial charge on any atom is 0.166 e. The summed E-state index contributed by atoms with van der Waals surface area (Å²) in [6.07, 6.45) is 0.883. The second-order valence-electron chi connectivity index (χ2n) is 5.22. The van der Waals surface area contributed by atoms with E-state index in [4.69, 9.17) is 0 Å². The molecule has 0 bridgehead atoms. The van der Waals surface area contributed by atoms with Crippen LogP contribution in [0.15, 0.2) is 18.2 Å². The number of hydrogen-bond acceptors (Lipinski definition) is 4. The van der Waals surface area contributed by atoms with Crippen LogP contribution in [0.2, 0.25) is 0 Å². The smallest absolute Gasteiger partial charge is 0.166 e. The molecule has 1 fully saturated rings. The molecule has 0 unspecified atom stereocenters. The molecule has 5 nitrogen and oxygen atoms in total. The molecule has 2 aromatic heterocycles. The largest absolute Gasteiger partial charge is 0.314 e. The third-order valence-corrected chi connectivity index (χ3v) is 3.89. The van der Waals surface area contributed by atoms with Gasteiger partial charge < -0.3 is 10.2 Å². The Morgan fingerprint density at radius 2 is 2.15 bits per heavy atom. The van der Waals surface area contributed by atoms with Crippen molar-refractivity contribution in [1.82, 2.24) is 19.6 Å². The molecule has 104 valence electrons. The van der Waals surface area contributed by atoms with Crippen molar-refractivity contribution in [2.45, 2.75) is 13.3 Å². The number of fused-ring (bicyclic) bond motifs is 1. The Bertz CT molecular complexity index is 646. The lowest BCUT2D eigenvalue weighted by Crippen LogP contribution is -2.44. The summed E-state index contributed by atoms with van der Waals surface area (Å²) < 4.78 is 2.11. The van der Waals surface area contributed by atoms with Crippen LogP contribution in [0.4, 0.5) is 0 Å². The minimum Gasteiger partial charge on any atom is -0.314 e. The van der Waals surface area contributed by atoms with E-state index in [0.717, 1.165) is 56.2 Å². The Balaban J connectivity index is 1.85. The van der Waals surface area contributed by atoms with Crippen molar-refractivity contribution < 1.29 is 0 Å². The molecule has 3 heterocycles. The molecule has 1 N–H and O–H groups in total. The fraction of sp³-hybridized carbons (Fsp3) is 0.467. The highest BCUT2D eigenvalue weighted by Gasteiger charge is 2.14. The monoisotopic (exact) mass is 269 g/mol. The third kappa shape index (κ3) is 2.40. The summed E-state index contributed by atoms with van der Waals surface area (Å²) in [5.74, 6) is 0.994. The van der Waals surface area contributed by atoms with Crippen molar-refractivity contribution in [3.8, 4) is 6.07 Å². The highest BCUT2D eigenvalue weighted by Crippen LogP contribution is 2.16. The van der Waals surface area contributed by atoms with Crippen LogP contribution in [0.25, 0.3) is 5.52 Å². The van der Waals surface area contributed by atoms with E-state index < -0.39 is 0 Å². The summed E-state index contributed by atoms with van der Waals surface area (Å²) in [6, 6.07) is 8.20. The van der Waals surface area contributed by atoms with E-state index in [1.165, 1.54) is 0 Å². The van der Waals surface area contributed by atoms with Gasteiger partial charge in [-0.05, 0) is 19.1 Å². The third-order valence-electron chi connectivity index (χ3n) is 3.89. The van der Waals surface area contributed by atoms with Gasteiger partial charge in [-0.1, -0.05) is 6.07 Å². The van der Waals surface area contributed by atoms with Crippen LogP contribution < -0.4 is 5.32 Å². The van der Waals surface area contributed by atoms with Gasteiger partial charge in [0.15, 0.2) is 5.69 Å². The fourth-order valence-corrected chi connectivity index (χ4v) is 2.82. The molecule has 0 amide bonds. The minimum atomic E-state index is 0.531. The van der Waals surface area contributed by atoms with E-state index in [0.29, 0.717) is 5.69 Å². The van der Waals surface area contributed by atoms with Crippen LogP contribution in [-0.2, 0) is 6.42 Å². The maximum atomic E-state index is 9.21. The van der Waals surface area contributed by atoms with Gasteiger partial charge in [-0.2, -0.15) is 5.26 Å². The van der Waals surface area contributed by atoms with Gasteiger partial charge in [0, 0.05) is 44.8 Å². The van der Waals surface area contributed by atoms with E-state index in [9.17, 15) is 5.26 Å². The minimum absolute atomic E-state index is 0.531. The van der Waals surface area contributed by atoms with Gasteiger partial charge >= 0.3 is 0 Å². The quantitative estimate of drug-likeness (QED) is 0.902. The zero-order valence-corrected chi connectivity index (χ0v) is 11.8. The first-order chi connectivity index (χ1) is 9.79. The van der Waals surface area contributed by atoms with Crippen LogP contribution in [0.5, 0.6) is 0 Å². The number of pyridine rings is 1. The first-order valence-corrected chi connectivity index (χ1v) is 7.10. The van der Waals surface area contributed by atoms with Gasteiger partial charge in [-0.15, -0.1) is 0 Å². The number of piperazine rings is 1. The predicted octanol–water partition coefficient (Wildman–Crippen LogP) is 0.962. The molecular formula is C15H19N5. The van der Waals surface area contributed by atoms with Crippen molar-refractivity contribution in [3.63, 3.8) is 0 Å². The second-order valence-corrected chi connectivity index (χ2v) is 5.22. The molecule has 0 radical (unpaired) electrons. The topological polar surface area (TPSA) is 56.4 Å². The van der Waals surface area contributed by atoms with Crippen LogP contribution in [0.1, 0.15) is 17.2 Å². The molecular weight excluding hydrogens is 250 g/mol. The molecule has 0 saturated carbocycles. The van der Waals surface area contributed by atoms with Gasteiger partial charge in [0.1, 0.15) is 11.9 Å². The lowest BCUT2D eigenvalue weighted by molar-refractivity contribution is 0.242. The Hall–Kier alpha value is -1.90. The highest BCUT2D eigenvalue weighted by molar-refractivity contribution is 5.59. The number of aromatic nitrogens is 2. The molecule has 5 heteroatoms. The molecule has 2 aromatic rings. The summed E-state index contributed by atoms with van der Waals surface area (Å²) >= 11 is 0. The lowest BCUT2D eigenvalue weighted by atomic mass is 10.3. The molecule has 0 aliphatic carbocycles. The zero-order valence-electron chi connectivity index (χ0n) is 11.8. The number of rotatable bonds is 3. The van der Waals surface area contributed by atoms with E-state index in [1.54, 1.807) is 0 Å². The van der Waals surface area contributed by atoms with Crippen LogP contribution >= 0.6 is 0 Å². The highest BCUT2D eigenvalue weighted by atomic mass is 15.2. The van der Waals surface area contributed by atoms with Crippen molar-refractivity contribution in [2.24, 2.45) is 0 Å². The number of nitrogens with one attached hydrogen (secondary N) is 1. The van der Waals surface area contributed by atoms with E-state index in [1.807, 2.05) is 12.1 Å². The molecule has 0 aromatic carbocycles. The van der Waals surface area contributed by atoms with Crippen LogP contribution in [0, 0.1) is 18.3 Å². The van der Waals surface area contributed by atoms with Crippen molar-refractivity contribution in [2.75, 3.05) is 32.7 Å². The maximum absolute atomic E-state index is 9.21.